The van der Waals surface area contributed by atoms with Crippen LogP contribution in [-0.4, -0.2) is 11.6 Å². The molecule has 0 fully saturated rings. The maximum atomic E-state index is 11.5. The van der Waals surface area contributed by atoms with Crippen LogP contribution in [0.25, 0.3) is 0 Å². The minimum atomic E-state index is -0.473. The van der Waals surface area contributed by atoms with Gasteiger partial charge in [-0.05, 0) is 44.5 Å². The normalized spacial score (nSPS) is 11.3. The van der Waals surface area contributed by atoms with Crippen molar-refractivity contribution in [3.63, 3.8) is 0 Å². The van der Waals surface area contributed by atoms with Gasteiger partial charge in [0.05, 0.1) is 6.42 Å². The Labute approximate surface area is 106 Å². The fourth-order valence-corrected chi connectivity index (χ4v) is 1.83. The Bertz CT molecular complexity index is 374. The minimum absolute atomic E-state index is 0.178. The van der Waals surface area contributed by atoms with Gasteiger partial charge in [-0.25, -0.2) is 0 Å². The van der Waals surface area contributed by atoms with Gasteiger partial charge < -0.3 is 4.74 Å². The van der Waals surface area contributed by atoms with E-state index in [1.807, 2.05) is 20.8 Å². The second-order valence-corrected chi connectivity index (χ2v) is 5.41. The second-order valence-electron chi connectivity index (χ2n) is 4.54. The van der Waals surface area contributed by atoms with Gasteiger partial charge >= 0.3 is 5.97 Å². The lowest BCUT2D eigenvalue weighted by atomic mass is 10.1. The summed E-state index contributed by atoms with van der Waals surface area (Å²) in [6.07, 6.45) is 0.178. The summed E-state index contributed by atoms with van der Waals surface area (Å²) in [5.74, 6) is -0.286. The Kier molecular flexibility index (Phi) is 4.22. The molecule has 88 valence electrons. The maximum Gasteiger partial charge on any atom is 0.310 e. The molecule has 0 saturated heterocycles. The molecule has 1 rings (SSSR count). The summed E-state index contributed by atoms with van der Waals surface area (Å²) in [5, 5.41) is 1.04. The molecule has 0 bridgehead atoms. The van der Waals surface area contributed by atoms with Crippen molar-refractivity contribution in [3.05, 3.63) is 33.8 Å². The molecule has 1 aromatic rings. The molecule has 0 saturated carbocycles. The van der Waals surface area contributed by atoms with Crippen LogP contribution in [0.3, 0.4) is 0 Å². The first kappa shape index (κ1) is 13.3. The van der Waals surface area contributed by atoms with Gasteiger partial charge in [0.25, 0.3) is 0 Å². The van der Waals surface area contributed by atoms with E-state index < -0.39 is 5.60 Å². The van der Waals surface area contributed by atoms with E-state index in [0.717, 1.165) is 5.56 Å². The first-order valence-electron chi connectivity index (χ1n) is 4.93. The average Bonchev–Trinajstić information content (AvgIpc) is 1.96. The van der Waals surface area contributed by atoms with Crippen LogP contribution in [0.1, 0.15) is 26.3 Å². The molecule has 0 N–H and O–H groups in total. The van der Waals surface area contributed by atoms with Gasteiger partial charge in [-0.2, -0.15) is 0 Å². The van der Waals surface area contributed by atoms with Crippen molar-refractivity contribution in [3.8, 4) is 0 Å². The Balaban J connectivity index is 2.70. The van der Waals surface area contributed by atoms with E-state index in [-0.39, 0.29) is 12.4 Å². The highest BCUT2D eigenvalue weighted by molar-refractivity contribution is 6.34. The smallest absolute Gasteiger partial charge is 0.310 e. The van der Waals surface area contributed by atoms with Gasteiger partial charge in [-0.1, -0.05) is 23.2 Å². The zero-order valence-electron chi connectivity index (χ0n) is 9.51. The number of rotatable bonds is 2. The minimum Gasteiger partial charge on any atom is -0.460 e. The van der Waals surface area contributed by atoms with Crippen molar-refractivity contribution in [2.45, 2.75) is 32.8 Å². The number of esters is 1. The van der Waals surface area contributed by atoms with Crippen LogP contribution in [0.2, 0.25) is 10.0 Å². The monoisotopic (exact) mass is 260 g/mol. The Morgan fingerprint density at radius 1 is 1.19 bits per heavy atom. The van der Waals surface area contributed by atoms with Crippen LogP contribution < -0.4 is 0 Å². The first-order chi connectivity index (χ1) is 7.26. The van der Waals surface area contributed by atoms with E-state index in [2.05, 4.69) is 0 Å². The largest absolute Gasteiger partial charge is 0.460 e. The number of ether oxygens (including phenoxy) is 1. The molecule has 0 aliphatic heterocycles. The predicted octanol–water partition coefficient (Wildman–Crippen LogP) is 3.88. The summed E-state index contributed by atoms with van der Waals surface area (Å²) in [7, 11) is 0. The molecule has 0 amide bonds. The molecule has 0 spiro atoms. The summed E-state index contributed by atoms with van der Waals surface area (Å²) in [5.41, 5.74) is 0.283. The van der Waals surface area contributed by atoms with Crippen LogP contribution >= 0.6 is 23.2 Å². The molecule has 0 aromatic heterocycles. The number of hydrogen-bond donors (Lipinski definition) is 0. The van der Waals surface area contributed by atoms with Crippen molar-refractivity contribution < 1.29 is 9.53 Å². The number of carbonyl (C=O) groups excluding carboxylic acids is 1. The summed E-state index contributed by atoms with van der Waals surface area (Å²) in [6, 6.07) is 5.04. The molecule has 0 aliphatic rings. The molecule has 0 radical (unpaired) electrons. The SMILES string of the molecule is CC(C)(C)OC(=O)Cc1cc(Cl)cc(Cl)c1. The lowest BCUT2D eigenvalue weighted by Crippen LogP contribution is -2.24. The first-order valence-corrected chi connectivity index (χ1v) is 5.69. The number of halogens is 2. The van der Waals surface area contributed by atoms with Gasteiger partial charge in [0.2, 0.25) is 0 Å². The van der Waals surface area contributed by atoms with Gasteiger partial charge in [0.1, 0.15) is 5.60 Å². The number of benzene rings is 1. The van der Waals surface area contributed by atoms with Crippen molar-refractivity contribution in [2.24, 2.45) is 0 Å². The summed E-state index contributed by atoms with van der Waals surface area (Å²) in [6.45, 7) is 5.49. The maximum absolute atomic E-state index is 11.5. The molecule has 2 nitrogen and oxygen atoms in total. The van der Waals surface area contributed by atoms with E-state index in [4.69, 9.17) is 27.9 Å². The van der Waals surface area contributed by atoms with E-state index in [0.29, 0.717) is 10.0 Å². The van der Waals surface area contributed by atoms with Crippen LogP contribution in [0.15, 0.2) is 18.2 Å². The van der Waals surface area contributed by atoms with Gasteiger partial charge in [-0.15, -0.1) is 0 Å². The molecule has 16 heavy (non-hydrogen) atoms. The van der Waals surface area contributed by atoms with Crippen molar-refractivity contribution in [1.29, 1.82) is 0 Å². The van der Waals surface area contributed by atoms with Gasteiger partial charge in [-0.3, -0.25) is 4.79 Å². The number of hydrogen-bond acceptors (Lipinski definition) is 2. The van der Waals surface area contributed by atoms with E-state index in [9.17, 15) is 4.79 Å². The molecular weight excluding hydrogens is 247 g/mol. The van der Waals surface area contributed by atoms with E-state index in [1.165, 1.54) is 0 Å². The summed E-state index contributed by atoms with van der Waals surface area (Å²) >= 11 is 11.7. The van der Waals surface area contributed by atoms with Crippen LogP contribution in [0.4, 0.5) is 0 Å². The van der Waals surface area contributed by atoms with Crippen molar-refractivity contribution in [1.82, 2.24) is 0 Å². The molecule has 0 heterocycles. The highest BCUT2D eigenvalue weighted by Crippen LogP contribution is 2.20. The van der Waals surface area contributed by atoms with Crippen LogP contribution in [-0.2, 0) is 16.0 Å². The molecule has 4 heteroatoms. The highest BCUT2D eigenvalue weighted by atomic mass is 35.5. The van der Waals surface area contributed by atoms with Gasteiger partial charge in [0.15, 0.2) is 0 Å². The van der Waals surface area contributed by atoms with E-state index >= 15 is 0 Å². The standard InChI is InChI=1S/C12H14Cl2O2/c1-12(2,3)16-11(15)6-8-4-9(13)7-10(14)5-8/h4-5,7H,6H2,1-3H3. The van der Waals surface area contributed by atoms with Crippen molar-refractivity contribution in [2.75, 3.05) is 0 Å². The lowest BCUT2D eigenvalue weighted by Gasteiger charge is -2.19. The predicted molar refractivity (Wildman–Crippen MR) is 66.0 cm³/mol. The van der Waals surface area contributed by atoms with Crippen molar-refractivity contribution >= 4 is 29.2 Å². The van der Waals surface area contributed by atoms with Gasteiger partial charge in [0, 0.05) is 10.0 Å². The second kappa shape index (κ2) is 5.07. The average molecular weight is 261 g/mol. The molecule has 0 atom stereocenters. The molecule has 0 aliphatic carbocycles. The zero-order chi connectivity index (χ0) is 12.3. The number of carbonyl (C=O) groups is 1. The highest BCUT2D eigenvalue weighted by Gasteiger charge is 2.16. The topological polar surface area (TPSA) is 26.3 Å². The summed E-state index contributed by atoms with van der Waals surface area (Å²) in [4.78, 5) is 11.5. The molecule has 0 unspecified atom stereocenters. The van der Waals surface area contributed by atoms with E-state index in [1.54, 1.807) is 18.2 Å². The summed E-state index contributed by atoms with van der Waals surface area (Å²) < 4.78 is 5.20. The van der Waals surface area contributed by atoms with Crippen LogP contribution in [0, 0.1) is 0 Å². The molecular formula is C12H14Cl2O2. The van der Waals surface area contributed by atoms with Crippen LogP contribution in [0.5, 0.6) is 0 Å². The fraction of sp³-hybridized carbons (Fsp3) is 0.417. The molecule has 1 aromatic carbocycles. The quantitative estimate of drug-likeness (QED) is 0.755. The lowest BCUT2D eigenvalue weighted by molar-refractivity contribution is -0.153. The zero-order valence-corrected chi connectivity index (χ0v) is 11.0. The third-order valence-corrected chi connectivity index (χ3v) is 2.13. The Morgan fingerprint density at radius 2 is 1.69 bits per heavy atom. The fourth-order valence-electron chi connectivity index (χ4n) is 1.26. The Hall–Kier alpha value is -0.730. The third kappa shape index (κ3) is 4.86. The Morgan fingerprint density at radius 3 is 2.12 bits per heavy atom. The third-order valence-electron chi connectivity index (χ3n) is 1.69.